The maximum absolute atomic E-state index is 12.3. The number of pyridine rings is 1. The SMILES string of the molecule is CC(C)(C)NC(=O)c1cncc(N2CCN(C(=O)c3ccco3)CC2)c1. The highest BCUT2D eigenvalue weighted by Gasteiger charge is 2.24. The molecule has 0 spiro atoms. The predicted octanol–water partition coefficient (Wildman–Crippen LogP) is 2.17. The largest absolute Gasteiger partial charge is 0.459 e. The van der Waals surface area contributed by atoms with Gasteiger partial charge < -0.3 is 19.5 Å². The molecule has 138 valence electrons. The Kier molecular flexibility index (Phi) is 4.97. The van der Waals surface area contributed by atoms with E-state index in [1.54, 1.807) is 29.4 Å². The van der Waals surface area contributed by atoms with Crippen LogP contribution in [0.5, 0.6) is 0 Å². The molecule has 1 aliphatic rings. The van der Waals surface area contributed by atoms with Gasteiger partial charge in [-0.2, -0.15) is 0 Å². The molecule has 7 heteroatoms. The zero-order chi connectivity index (χ0) is 18.7. The smallest absolute Gasteiger partial charge is 0.289 e. The first-order chi connectivity index (χ1) is 12.3. The van der Waals surface area contributed by atoms with E-state index >= 15 is 0 Å². The van der Waals surface area contributed by atoms with Crippen LogP contribution in [0.3, 0.4) is 0 Å². The third-order valence-electron chi connectivity index (χ3n) is 4.14. The summed E-state index contributed by atoms with van der Waals surface area (Å²) in [6.45, 7) is 8.37. The van der Waals surface area contributed by atoms with Crippen LogP contribution in [0, 0.1) is 0 Å². The van der Waals surface area contributed by atoms with Gasteiger partial charge in [0.1, 0.15) is 0 Å². The molecular formula is C19H24N4O3. The number of nitrogens with zero attached hydrogens (tertiary/aromatic N) is 3. The molecule has 1 fully saturated rings. The first-order valence-electron chi connectivity index (χ1n) is 8.69. The van der Waals surface area contributed by atoms with Gasteiger partial charge in [0.2, 0.25) is 0 Å². The van der Waals surface area contributed by atoms with Gasteiger partial charge in [0.25, 0.3) is 11.8 Å². The van der Waals surface area contributed by atoms with Crippen LogP contribution >= 0.6 is 0 Å². The molecule has 7 nitrogen and oxygen atoms in total. The molecule has 0 bridgehead atoms. The number of anilines is 1. The van der Waals surface area contributed by atoms with Crippen LogP contribution < -0.4 is 10.2 Å². The molecule has 0 saturated carbocycles. The number of hydrogen-bond donors (Lipinski definition) is 1. The van der Waals surface area contributed by atoms with E-state index in [-0.39, 0.29) is 17.4 Å². The van der Waals surface area contributed by atoms with Gasteiger partial charge in [-0.25, -0.2) is 0 Å². The van der Waals surface area contributed by atoms with Gasteiger partial charge in [-0.15, -0.1) is 0 Å². The van der Waals surface area contributed by atoms with Crippen molar-refractivity contribution >= 4 is 17.5 Å². The molecule has 3 heterocycles. The van der Waals surface area contributed by atoms with Gasteiger partial charge >= 0.3 is 0 Å². The molecule has 2 amide bonds. The van der Waals surface area contributed by atoms with E-state index in [2.05, 4.69) is 15.2 Å². The molecule has 0 aliphatic carbocycles. The van der Waals surface area contributed by atoms with E-state index in [1.165, 1.54) is 6.26 Å². The van der Waals surface area contributed by atoms with Crippen molar-refractivity contribution < 1.29 is 14.0 Å². The van der Waals surface area contributed by atoms with Crippen molar-refractivity contribution in [2.45, 2.75) is 26.3 Å². The summed E-state index contributed by atoms with van der Waals surface area (Å²) in [5, 5.41) is 2.94. The lowest BCUT2D eigenvalue weighted by Crippen LogP contribution is -2.48. The first-order valence-corrected chi connectivity index (χ1v) is 8.69. The lowest BCUT2D eigenvalue weighted by Gasteiger charge is -2.35. The normalized spacial score (nSPS) is 15.0. The van der Waals surface area contributed by atoms with Gasteiger partial charge in [0.15, 0.2) is 5.76 Å². The molecule has 0 unspecified atom stereocenters. The molecular weight excluding hydrogens is 332 g/mol. The molecule has 1 aliphatic heterocycles. The molecule has 0 aromatic carbocycles. The summed E-state index contributed by atoms with van der Waals surface area (Å²) in [6.07, 6.45) is 4.82. The highest BCUT2D eigenvalue weighted by molar-refractivity contribution is 5.95. The molecule has 1 N–H and O–H groups in total. The van der Waals surface area contributed by atoms with Crippen molar-refractivity contribution in [2.75, 3.05) is 31.1 Å². The second kappa shape index (κ2) is 7.19. The Morgan fingerprint density at radius 2 is 1.88 bits per heavy atom. The number of furan rings is 1. The molecule has 2 aromatic rings. The average molecular weight is 356 g/mol. The van der Waals surface area contributed by atoms with E-state index in [0.29, 0.717) is 37.5 Å². The number of nitrogens with one attached hydrogen (secondary N) is 1. The minimum absolute atomic E-state index is 0.0916. The van der Waals surface area contributed by atoms with Crippen molar-refractivity contribution in [3.8, 4) is 0 Å². The van der Waals surface area contributed by atoms with E-state index < -0.39 is 0 Å². The fourth-order valence-electron chi connectivity index (χ4n) is 2.86. The van der Waals surface area contributed by atoms with E-state index in [1.807, 2.05) is 26.8 Å². The Bertz CT molecular complexity index is 772. The molecule has 26 heavy (non-hydrogen) atoms. The van der Waals surface area contributed by atoms with Crippen molar-refractivity contribution in [2.24, 2.45) is 0 Å². The Hall–Kier alpha value is -2.83. The third kappa shape index (κ3) is 4.22. The second-order valence-corrected chi connectivity index (χ2v) is 7.39. The maximum Gasteiger partial charge on any atom is 0.289 e. The van der Waals surface area contributed by atoms with Crippen molar-refractivity contribution in [1.29, 1.82) is 0 Å². The van der Waals surface area contributed by atoms with Crippen molar-refractivity contribution in [3.05, 3.63) is 48.2 Å². The minimum Gasteiger partial charge on any atom is -0.459 e. The fraction of sp³-hybridized carbons (Fsp3) is 0.421. The topological polar surface area (TPSA) is 78.7 Å². The highest BCUT2D eigenvalue weighted by atomic mass is 16.3. The van der Waals surface area contributed by atoms with Crippen LogP contribution in [0.15, 0.2) is 41.3 Å². The molecule has 0 radical (unpaired) electrons. The number of piperazine rings is 1. The van der Waals surface area contributed by atoms with Crippen LogP contribution in [-0.2, 0) is 0 Å². The lowest BCUT2D eigenvalue weighted by molar-refractivity contribution is 0.0714. The number of aromatic nitrogens is 1. The van der Waals surface area contributed by atoms with Gasteiger partial charge in [-0.3, -0.25) is 14.6 Å². The molecule has 1 saturated heterocycles. The van der Waals surface area contributed by atoms with Gasteiger partial charge in [-0.1, -0.05) is 0 Å². The fourth-order valence-corrected chi connectivity index (χ4v) is 2.86. The van der Waals surface area contributed by atoms with Crippen LogP contribution in [0.1, 0.15) is 41.7 Å². The number of carbonyl (C=O) groups excluding carboxylic acids is 2. The second-order valence-electron chi connectivity index (χ2n) is 7.39. The van der Waals surface area contributed by atoms with Gasteiger partial charge in [-0.05, 0) is 39.0 Å². The van der Waals surface area contributed by atoms with Crippen LogP contribution in [0.2, 0.25) is 0 Å². The summed E-state index contributed by atoms with van der Waals surface area (Å²) in [6, 6.07) is 5.23. The maximum atomic E-state index is 12.3. The number of carbonyl (C=O) groups is 2. The quantitative estimate of drug-likeness (QED) is 0.912. The lowest BCUT2D eigenvalue weighted by atomic mass is 10.1. The van der Waals surface area contributed by atoms with Crippen LogP contribution in [-0.4, -0.2) is 53.4 Å². The van der Waals surface area contributed by atoms with Crippen molar-refractivity contribution in [3.63, 3.8) is 0 Å². The number of amides is 2. The molecule has 0 atom stereocenters. The van der Waals surface area contributed by atoms with Gasteiger partial charge in [0, 0.05) is 37.9 Å². The summed E-state index contributed by atoms with van der Waals surface area (Å²) in [5.74, 6) is 0.130. The Labute approximate surface area is 153 Å². The Morgan fingerprint density at radius 1 is 1.15 bits per heavy atom. The summed E-state index contributed by atoms with van der Waals surface area (Å²) in [7, 11) is 0. The van der Waals surface area contributed by atoms with Crippen LogP contribution in [0.25, 0.3) is 0 Å². The van der Waals surface area contributed by atoms with Crippen molar-refractivity contribution in [1.82, 2.24) is 15.2 Å². The number of hydrogen-bond acceptors (Lipinski definition) is 5. The third-order valence-corrected chi connectivity index (χ3v) is 4.14. The Morgan fingerprint density at radius 3 is 2.50 bits per heavy atom. The van der Waals surface area contributed by atoms with E-state index in [0.717, 1.165) is 5.69 Å². The van der Waals surface area contributed by atoms with E-state index in [4.69, 9.17) is 4.42 Å². The van der Waals surface area contributed by atoms with Gasteiger partial charge in [0.05, 0.1) is 23.7 Å². The summed E-state index contributed by atoms with van der Waals surface area (Å²) in [5.41, 5.74) is 1.12. The average Bonchev–Trinajstić information content (AvgIpc) is 3.14. The summed E-state index contributed by atoms with van der Waals surface area (Å²) < 4.78 is 5.18. The predicted molar refractivity (Wildman–Crippen MR) is 98.3 cm³/mol. The summed E-state index contributed by atoms with van der Waals surface area (Å²) in [4.78, 5) is 32.8. The zero-order valence-corrected chi connectivity index (χ0v) is 15.4. The molecule has 2 aromatic heterocycles. The summed E-state index contributed by atoms with van der Waals surface area (Å²) >= 11 is 0. The molecule has 3 rings (SSSR count). The monoisotopic (exact) mass is 356 g/mol. The van der Waals surface area contributed by atoms with E-state index in [9.17, 15) is 9.59 Å². The zero-order valence-electron chi connectivity index (χ0n) is 15.4. The van der Waals surface area contributed by atoms with Crippen LogP contribution in [0.4, 0.5) is 5.69 Å². The number of rotatable bonds is 3. The highest BCUT2D eigenvalue weighted by Crippen LogP contribution is 2.18. The standard InChI is InChI=1S/C19H24N4O3/c1-19(2,3)21-17(24)14-11-15(13-20-12-14)22-6-8-23(9-7-22)18(25)16-5-4-10-26-16/h4-5,10-13H,6-9H2,1-3H3,(H,21,24). The Balaban J connectivity index is 1.63. The first kappa shape index (κ1) is 18.0. The minimum atomic E-state index is -0.301.